The molecule has 0 aromatic rings. The van der Waals surface area contributed by atoms with E-state index in [4.69, 9.17) is 21.7 Å². The molecule has 1 N–H and O–H groups in total. The van der Waals surface area contributed by atoms with Gasteiger partial charge in [-0.2, -0.15) is 0 Å². The lowest BCUT2D eigenvalue weighted by Gasteiger charge is -2.32. The van der Waals surface area contributed by atoms with Gasteiger partial charge in [-0.1, -0.05) is 12.2 Å². The summed E-state index contributed by atoms with van der Waals surface area (Å²) in [7, 11) is 1.71. The molecule has 0 radical (unpaired) electrons. The van der Waals surface area contributed by atoms with E-state index in [0.29, 0.717) is 18.6 Å². The standard InChI is InChI=1S/C16H28N2O2S/c1-19-11-9-17-16(21)18(13-15-8-5-10-20-15)12-14-6-3-2-4-7-14/h2-3,14-15H,4-13H2,1H3,(H,17,21). The first-order valence-corrected chi connectivity index (χ1v) is 8.48. The van der Waals surface area contributed by atoms with Crippen LogP contribution in [0, 0.1) is 5.92 Å². The van der Waals surface area contributed by atoms with Crippen LogP contribution < -0.4 is 5.32 Å². The number of thiocarbonyl (C=S) groups is 1. The Kier molecular flexibility index (Phi) is 7.47. The molecule has 1 heterocycles. The third-order valence-corrected chi connectivity index (χ3v) is 4.58. The summed E-state index contributed by atoms with van der Waals surface area (Å²) in [6, 6.07) is 0. The Bertz CT molecular complexity index is 343. The Labute approximate surface area is 133 Å². The van der Waals surface area contributed by atoms with E-state index in [0.717, 1.165) is 37.8 Å². The van der Waals surface area contributed by atoms with Crippen LogP contribution in [0.5, 0.6) is 0 Å². The highest BCUT2D eigenvalue weighted by Gasteiger charge is 2.23. The van der Waals surface area contributed by atoms with E-state index >= 15 is 0 Å². The summed E-state index contributed by atoms with van der Waals surface area (Å²) in [5, 5.41) is 4.15. The van der Waals surface area contributed by atoms with Gasteiger partial charge in [0.05, 0.1) is 12.7 Å². The van der Waals surface area contributed by atoms with Gasteiger partial charge in [-0.05, 0) is 50.2 Å². The summed E-state index contributed by atoms with van der Waals surface area (Å²) in [4.78, 5) is 2.31. The number of methoxy groups -OCH3 is 1. The van der Waals surface area contributed by atoms with Crippen molar-refractivity contribution in [1.82, 2.24) is 10.2 Å². The maximum atomic E-state index is 5.78. The minimum absolute atomic E-state index is 0.339. The highest BCUT2D eigenvalue weighted by atomic mass is 32.1. The van der Waals surface area contributed by atoms with Gasteiger partial charge in [0.1, 0.15) is 0 Å². The van der Waals surface area contributed by atoms with Crippen LogP contribution in [0.3, 0.4) is 0 Å². The molecule has 0 aromatic heterocycles. The molecule has 2 atom stereocenters. The van der Waals surface area contributed by atoms with Crippen molar-refractivity contribution in [2.75, 3.05) is 40.0 Å². The van der Waals surface area contributed by atoms with Crippen LogP contribution in [0.2, 0.25) is 0 Å². The second kappa shape index (κ2) is 9.38. The van der Waals surface area contributed by atoms with Gasteiger partial charge < -0.3 is 19.7 Å². The summed E-state index contributed by atoms with van der Waals surface area (Å²) in [6.45, 7) is 4.29. The summed E-state index contributed by atoms with van der Waals surface area (Å²) in [6.07, 6.45) is 10.9. The molecule has 0 amide bonds. The zero-order valence-corrected chi connectivity index (χ0v) is 13.9. The number of ether oxygens (including phenoxy) is 2. The fourth-order valence-corrected chi connectivity index (χ4v) is 3.23. The second-order valence-corrected chi connectivity index (χ2v) is 6.30. The van der Waals surface area contributed by atoms with Crippen molar-refractivity contribution in [1.29, 1.82) is 0 Å². The number of rotatable bonds is 7. The fourth-order valence-electron chi connectivity index (χ4n) is 2.98. The largest absolute Gasteiger partial charge is 0.383 e. The average Bonchev–Trinajstić information content (AvgIpc) is 3.01. The van der Waals surface area contributed by atoms with Gasteiger partial charge >= 0.3 is 0 Å². The highest BCUT2D eigenvalue weighted by molar-refractivity contribution is 7.80. The molecular weight excluding hydrogens is 284 g/mol. The number of nitrogens with zero attached hydrogens (tertiary/aromatic N) is 1. The Hall–Kier alpha value is -0.650. The average molecular weight is 312 g/mol. The van der Waals surface area contributed by atoms with Crippen LogP contribution in [0.1, 0.15) is 32.1 Å². The number of allylic oxidation sites excluding steroid dienone is 2. The first kappa shape index (κ1) is 16.7. The lowest BCUT2D eigenvalue weighted by molar-refractivity contribution is 0.0872. The van der Waals surface area contributed by atoms with Crippen molar-refractivity contribution < 1.29 is 9.47 Å². The van der Waals surface area contributed by atoms with Gasteiger partial charge in [0.25, 0.3) is 0 Å². The Balaban J connectivity index is 1.85. The topological polar surface area (TPSA) is 33.7 Å². The smallest absolute Gasteiger partial charge is 0.169 e. The van der Waals surface area contributed by atoms with Gasteiger partial charge in [0.2, 0.25) is 0 Å². The maximum Gasteiger partial charge on any atom is 0.169 e. The molecule has 1 saturated heterocycles. The normalized spacial score (nSPS) is 25.0. The van der Waals surface area contributed by atoms with Gasteiger partial charge in [0, 0.05) is 33.4 Å². The van der Waals surface area contributed by atoms with Crippen molar-refractivity contribution in [3.63, 3.8) is 0 Å². The predicted octanol–water partition coefficient (Wildman–Crippen LogP) is 2.34. The van der Waals surface area contributed by atoms with E-state index in [2.05, 4.69) is 22.4 Å². The molecule has 0 aromatic carbocycles. The van der Waals surface area contributed by atoms with E-state index in [1.54, 1.807) is 7.11 Å². The summed E-state index contributed by atoms with van der Waals surface area (Å²) in [5.41, 5.74) is 0. The number of hydrogen-bond acceptors (Lipinski definition) is 3. The Morgan fingerprint density at radius 3 is 2.95 bits per heavy atom. The SMILES string of the molecule is COCCNC(=S)N(CC1CC=CCC1)CC1CCCO1. The van der Waals surface area contributed by atoms with E-state index in [1.165, 1.54) is 25.7 Å². The molecule has 2 rings (SSSR count). The number of hydrogen-bond donors (Lipinski definition) is 1. The molecule has 2 unspecified atom stereocenters. The van der Waals surface area contributed by atoms with Crippen LogP contribution in [0.25, 0.3) is 0 Å². The van der Waals surface area contributed by atoms with Crippen molar-refractivity contribution >= 4 is 17.3 Å². The molecule has 2 aliphatic rings. The molecule has 1 fully saturated rings. The summed E-state index contributed by atoms with van der Waals surface area (Å²) < 4.78 is 10.9. The third kappa shape index (κ3) is 5.93. The summed E-state index contributed by atoms with van der Waals surface area (Å²) in [5.74, 6) is 0.707. The van der Waals surface area contributed by atoms with Crippen LogP contribution >= 0.6 is 12.2 Å². The van der Waals surface area contributed by atoms with Crippen molar-refractivity contribution in [2.24, 2.45) is 5.92 Å². The van der Waals surface area contributed by atoms with Gasteiger partial charge in [-0.15, -0.1) is 0 Å². The zero-order valence-electron chi connectivity index (χ0n) is 13.1. The first-order chi connectivity index (χ1) is 10.3. The van der Waals surface area contributed by atoms with E-state index in [-0.39, 0.29) is 0 Å². The quantitative estimate of drug-likeness (QED) is 0.443. The van der Waals surface area contributed by atoms with Gasteiger partial charge in [-0.25, -0.2) is 0 Å². The first-order valence-electron chi connectivity index (χ1n) is 8.08. The Morgan fingerprint density at radius 1 is 1.38 bits per heavy atom. The molecule has 5 heteroatoms. The van der Waals surface area contributed by atoms with Gasteiger partial charge in [-0.3, -0.25) is 0 Å². The zero-order chi connectivity index (χ0) is 14.9. The monoisotopic (exact) mass is 312 g/mol. The van der Waals surface area contributed by atoms with Crippen LogP contribution in [0.4, 0.5) is 0 Å². The van der Waals surface area contributed by atoms with Crippen molar-refractivity contribution in [3.05, 3.63) is 12.2 Å². The Morgan fingerprint density at radius 2 is 2.29 bits per heavy atom. The van der Waals surface area contributed by atoms with Crippen molar-refractivity contribution in [2.45, 2.75) is 38.2 Å². The minimum atomic E-state index is 0.339. The molecule has 0 saturated carbocycles. The molecule has 1 aliphatic heterocycles. The fraction of sp³-hybridized carbons (Fsp3) is 0.812. The number of nitrogens with one attached hydrogen (secondary N) is 1. The highest BCUT2D eigenvalue weighted by Crippen LogP contribution is 2.21. The molecule has 0 spiro atoms. The van der Waals surface area contributed by atoms with E-state index in [9.17, 15) is 0 Å². The van der Waals surface area contributed by atoms with Crippen molar-refractivity contribution in [3.8, 4) is 0 Å². The van der Waals surface area contributed by atoms with E-state index < -0.39 is 0 Å². The van der Waals surface area contributed by atoms with Crippen LogP contribution in [-0.4, -0.2) is 56.1 Å². The third-order valence-electron chi connectivity index (χ3n) is 4.17. The molecule has 0 bridgehead atoms. The molecule has 120 valence electrons. The minimum Gasteiger partial charge on any atom is -0.383 e. The van der Waals surface area contributed by atoms with Gasteiger partial charge in [0.15, 0.2) is 5.11 Å². The maximum absolute atomic E-state index is 5.78. The molecule has 1 aliphatic carbocycles. The predicted molar refractivity (Wildman–Crippen MR) is 89.5 cm³/mol. The van der Waals surface area contributed by atoms with Crippen LogP contribution in [0.15, 0.2) is 12.2 Å². The second-order valence-electron chi connectivity index (χ2n) is 5.92. The molecular formula is C16H28N2O2S. The van der Waals surface area contributed by atoms with E-state index in [1.807, 2.05) is 0 Å². The molecule has 21 heavy (non-hydrogen) atoms. The lowest BCUT2D eigenvalue weighted by Crippen LogP contribution is -2.46. The molecule has 4 nitrogen and oxygen atoms in total. The summed E-state index contributed by atoms with van der Waals surface area (Å²) >= 11 is 5.58. The lowest BCUT2D eigenvalue weighted by atomic mass is 9.94. The van der Waals surface area contributed by atoms with Crippen LogP contribution in [-0.2, 0) is 9.47 Å².